The van der Waals surface area contributed by atoms with Crippen molar-refractivity contribution < 1.29 is 4.79 Å². The van der Waals surface area contributed by atoms with Crippen molar-refractivity contribution in [2.75, 3.05) is 0 Å². The van der Waals surface area contributed by atoms with Crippen LogP contribution in [0, 0.1) is 0 Å². The molecule has 0 radical (unpaired) electrons. The lowest BCUT2D eigenvalue weighted by Crippen LogP contribution is -2.42. The molecule has 0 saturated heterocycles. The van der Waals surface area contributed by atoms with E-state index >= 15 is 0 Å². The van der Waals surface area contributed by atoms with E-state index in [0.29, 0.717) is 4.88 Å². The van der Waals surface area contributed by atoms with Gasteiger partial charge in [-0.3, -0.25) is 14.8 Å². The van der Waals surface area contributed by atoms with Crippen LogP contribution >= 0.6 is 11.3 Å². The van der Waals surface area contributed by atoms with E-state index in [1.807, 2.05) is 36.6 Å². The van der Waals surface area contributed by atoms with Gasteiger partial charge >= 0.3 is 0 Å². The number of nitrogens with one attached hydrogen (secondary N) is 2. The normalized spacial score (nSPS) is 17.2. The smallest absolute Gasteiger partial charge is 0.264 e. The number of hydrogen-bond acceptors (Lipinski definition) is 5. The number of carbonyl (C=O) groups is 1. The minimum atomic E-state index is -0.225. The fourth-order valence-corrected chi connectivity index (χ4v) is 2.33. The van der Waals surface area contributed by atoms with Crippen LogP contribution in [0.4, 0.5) is 0 Å². The minimum Gasteiger partial charge on any atom is -0.367 e. The number of carbonyl (C=O) groups excluding carboxylic acids is 1. The number of aromatic nitrogens is 2. The van der Waals surface area contributed by atoms with Gasteiger partial charge in [-0.15, -0.1) is 11.3 Å². The number of nitrogens with zero attached hydrogens (tertiary/aromatic N) is 2. The molecule has 2 aromatic rings. The molecule has 20 heavy (non-hydrogen) atoms. The zero-order valence-electron chi connectivity index (χ0n) is 10.5. The summed E-state index contributed by atoms with van der Waals surface area (Å²) in [6.45, 7) is 0. The van der Waals surface area contributed by atoms with Crippen molar-refractivity contribution in [2.24, 2.45) is 0 Å². The van der Waals surface area contributed by atoms with Gasteiger partial charge in [-0.05, 0) is 18.2 Å². The molecule has 100 valence electrons. The Labute approximate surface area is 120 Å². The van der Waals surface area contributed by atoms with Crippen molar-refractivity contribution in [3.8, 4) is 0 Å². The van der Waals surface area contributed by atoms with Gasteiger partial charge in [0.2, 0.25) is 0 Å². The number of allylic oxidation sites excluding steroid dienone is 2. The molecule has 3 heterocycles. The molecule has 0 aliphatic carbocycles. The predicted octanol–water partition coefficient (Wildman–Crippen LogP) is 1.79. The van der Waals surface area contributed by atoms with E-state index < -0.39 is 0 Å². The molecule has 3 rings (SSSR count). The zero-order valence-corrected chi connectivity index (χ0v) is 11.3. The molecule has 0 bridgehead atoms. The molecular formula is C14H12N4OS. The molecule has 0 fully saturated rings. The second-order valence-corrected chi connectivity index (χ2v) is 5.04. The first-order valence-electron chi connectivity index (χ1n) is 6.08. The molecule has 0 aromatic carbocycles. The van der Waals surface area contributed by atoms with Crippen LogP contribution in [0.3, 0.4) is 0 Å². The maximum Gasteiger partial charge on any atom is 0.264 e. The topological polar surface area (TPSA) is 66.9 Å². The Hall–Kier alpha value is -2.47. The zero-order chi connectivity index (χ0) is 13.8. The lowest BCUT2D eigenvalue weighted by atomic mass is 10.1. The summed E-state index contributed by atoms with van der Waals surface area (Å²) in [5.74, 6) is -0.135. The van der Waals surface area contributed by atoms with E-state index in [1.165, 1.54) is 11.3 Å². The monoisotopic (exact) mass is 284 g/mol. The van der Waals surface area contributed by atoms with Crippen molar-refractivity contribution in [3.63, 3.8) is 0 Å². The molecule has 0 spiro atoms. The van der Waals surface area contributed by atoms with Crippen molar-refractivity contribution >= 4 is 22.8 Å². The van der Waals surface area contributed by atoms with Gasteiger partial charge in [0.15, 0.2) is 0 Å². The molecule has 1 aliphatic rings. The van der Waals surface area contributed by atoms with Gasteiger partial charge < -0.3 is 10.6 Å². The average Bonchev–Trinajstić information content (AvgIpc) is 3.03. The van der Waals surface area contributed by atoms with Gasteiger partial charge in [0.05, 0.1) is 17.4 Å². The van der Waals surface area contributed by atoms with E-state index in [-0.39, 0.29) is 12.1 Å². The Balaban J connectivity index is 1.63. The maximum absolute atomic E-state index is 11.9. The third kappa shape index (κ3) is 2.75. The third-order valence-electron chi connectivity index (χ3n) is 2.79. The number of thiazole rings is 1. The van der Waals surface area contributed by atoms with Gasteiger partial charge in [-0.25, -0.2) is 0 Å². The van der Waals surface area contributed by atoms with Crippen LogP contribution in [0.5, 0.6) is 0 Å². The largest absolute Gasteiger partial charge is 0.367 e. The Morgan fingerprint density at radius 3 is 3.00 bits per heavy atom. The molecule has 2 N–H and O–H groups in total. The van der Waals surface area contributed by atoms with Crippen molar-refractivity contribution in [3.05, 3.63) is 65.0 Å². The van der Waals surface area contributed by atoms with E-state index in [0.717, 1.165) is 11.3 Å². The van der Waals surface area contributed by atoms with E-state index in [4.69, 9.17) is 0 Å². The van der Waals surface area contributed by atoms with Crippen LogP contribution in [0.15, 0.2) is 54.5 Å². The third-order valence-corrected chi connectivity index (χ3v) is 3.56. The Bertz CT molecular complexity index is 649. The second kappa shape index (κ2) is 5.66. The summed E-state index contributed by atoms with van der Waals surface area (Å²) < 4.78 is 0. The highest BCUT2D eigenvalue weighted by Crippen LogP contribution is 2.15. The van der Waals surface area contributed by atoms with E-state index in [1.54, 1.807) is 17.9 Å². The van der Waals surface area contributed by atoms with Crippen LogP contribution in [-0.2, 0) is 0 Å². The SMILES string of the molecule is O=C(NC1C=CC(c2ccccn2)=CN1)c1cncs1. The first kappa shape index (κ1) is 12.6. The quantitative estimate of drug-likeness (QED) is 0.902. The summed E-state index contributed by atoms with van der Waals surface area (Å²) in [5.41, 5.74) is 3.51. The summed E-state index contributed by atoms with van der Waals surface area (Å²) in [5, 5.41) is 5.99. The van der Waals surface area contributed by atoms with Gasteiger partial charge in [-0.1, -0.05) is 12.1 Å². The molecule has 1 atom stereocenters. The second-order valence-electron chi connectivity index (χ2n) is 4.16. The summed E-state index contributed by atoms with van der Waals surface area (Å²) >= 11 is 1.32. The first-order chi connectivity index (χ1) is 9.83. The van der Waals surface area contributed by atoms with Gasteiger partial charge in [-0.2, -0.15) is 0 Å². The van der Waals surface area contributed by atoms with Crippen LogP contribution < -0.4 is 10.6 Å². The van der Waals surface area contributed by atoms with Crippen LogP contribution in [0.2, 0.25) is 0 Å². The highest BCUT2D eigenvalue weighted by atomic mass is 32.1. The lowest BCUT2D eigenvalue weighted by molar-refractivity contribution is 0.0945. The number of dihydropyridines is 1. The Kier molecular flexibility index (Phi) is 3.56. The molecular weight excluding hydrogens is 272 g/mol. The molecule has 5 nitrogen and oxygen atoms in total. The standard InChI is InChI=1S/C14H12N4OS/c19-14(12-8-15-9-20-12)18-13-5-4-10(7-17-13)11-3-1-2-6-16-11/h1-9,13,17H,(H,18,19). The molecule has 0 saturated carbocycles. The highest BCUT2D eigenvalue weighted by molar-refractivity contribution is 7.11. The highest BCUT2D eigenvalue weighted by Gasteiger charge is 2.14. The molecule has 1 amide bonds. The summed E-state index contributed by atoms with van der Waals surface area (Å²) in [7, 11) is 0. The Morgan fingerprint density at radius 2 is 2.35 bits per heavy atom. The summed E-state index contributed by atoms with van der Waals surface area (Å²) in [6, 6.07) is 5.75. The fraction of sp³-hybridized carbons (Fsp3) is 0.0714. The first-order valence-corrected chi connectivity index (χ1v) is 6.96. The summed E-state index contributed by atoms with van der Waals surface area (Å²) in [6.07, 6.45) is 8.76. The van der Waals surface area contributed by atoms with E-state index in [2.05, 4.69) is 20.6 Å². The predicted molar refractivity (Wildman–Crippen MR) is 77.9 cm³/mol. The van der Waals surface area contributed by atoms with Crippen LogP contribution in [0.25, 0.3) is 5.57 Å². The van der Waals surface area contributed by atoms with Crippen LogP contribution in [-0.4, -0.2) is 22.0 Å². The lowest BCUT2D eigenvalue weighted by Gasteiger charge is -2.19. The number of hydrogen-bond donors (Lipinski definition) is 2. The van der Waals surface area contributed by atoms with Gasteiger partial charge in [0, 0.05) is 18.0 Å². The van der Waals surface area contributed by atoms with E-state index in [9.17, 15) is 4.79 Å². The van der Waals surface area contributed by atoms with Crippen molar-refractivity contribution in [1.29, 1.82) is 0 Å². The molecule has 6 heteroatoms. The number of amides is 1. The average molecular weight is 284 g/mol. The number of rotatable bonds is 3. The van der Waals surface area contributed by atoms with Crippen molar-refractivity contribution in [1.82, 2.24) is 20.6 Å². The molecule has 1 unspecified atom stereocenters. The van der Waals surface area contributed by atoms with Gasteiger partial charge in [0.1, 0.15) is 11.0 Å². The van der Waals surface area contributed by atoms with Gasteiger partial charge in [0.25, 0.3) is 5.91 Å². The van der Waals surface area contributed by atoms with Crippen molar-refractivity contribution in [2.45, 2.75) is 6.17 Å². The maximum atomic E-state index is 11.9. The Morgan fingerprint density at radius 1 is 1.40 bits per heavy atom. The van der Waals surface area contributed by atoms with Crippen LogP contribution in [0.1, 0.15) is 15.4 Å². The fourth-order valence-electron chi connectivity index (χ4n) is 1.81. The summed E-state index contributed by atoms with van der Waals surface area (Å²) in [4.78, 5) is 20.6. The molecule has 1 aliphatic heterocycles. The minimum absolute atomic E-state index is 0.135. The molecule has 2 aromatic heterocycles. The number of pyridine rings is 1.